The molecule has 1 aromatic heterocycles. The molecule has 19 heavy (non-hydrogen) atoms. The van der Waals surface area contributed by atoms with E-state index in [9.17, 15) is 0 Å². The second-order valence-corrected chi connectivity index (χ2v) is 5.10. The zero-order valence-electron chi connectivity index (χ0n) is 10.1. The van der Waals surface area contributed by atoms with Crippen molar-refractivity contribution in [3.63, 3.8) is 0 Å². The average molecular weight is 259 g/mol. The van der Waals surface area contributed by atoms with Gasteiger partial charge in [0.1, 0.15) is 5.01 Å². The third-order valence-corrected chi connectivity index (χ3v) is 3.92. The number of hydrogen-bond donors (Lipinski definition) is 0. The molecule has 0 aliphatic carbocycles. The Morgan fingerprint density at radius 1 is 0.947 bits per heavy atom. The highest BCUT2D eigenvalue weighted by Crippen LogP contribution is 2.30. The lowest BCUT2D eigenvalue weighted by Gasteiger charge is -1.96. The van der Waals surface area contributed by atoms with Gasteiger partial charge in [-0.05, 0) is 30.3 Å². The van der Waals surface area contributed by atoms with Crippen LogP contribution in [-0.4, -0.2) is 4.98 Å². The van der Waals surface area contributed by atoms with Crippen molar-refractivity contribution in [3.8, 4) is 35.3 Å². The molecule has 0 saturated carbocycles. The number of fused-ring (bicyclic) bond motifs is 1. The Bertz CT molecular complexity index is 844. The van der Waals surface area contributed by atoms with Crippen LogP contribution < -0.4 is 0 Å². The monoisotopic (exact) mass is 259 g/mol. The van der Waals surface area contributed by atoms with Gasteiger partial charge in [-0.25, -0.2) is 4.98 Å². The fraction of sp³-hybridized carbons (Fsp3) is 0. The maximum absolute atomic E-state index is 5.42. The van der Waals surface area contributed by atoms with Crippen LogP contribution in [0.5, 0.6) is 0 Å². The predicted molar refractivity (Wildman–Crippen MR) is 80.9 cm³/mol. The summed E-state index contributed by atoms with van der Waals surface area (Å²) >= 11 is 1.64. The third kappa shape index (κ3) is 2.10. The minimum absolute atomic E-state index is 0.849. The molecule has 2 heteroatoms. The minimum Gasteiger partial charge on any atom is -0.236 e. The maximum Gasteiger partial charge on any atom is 0.124 e. The Hall–Kier alpha value is -2.55. The number of hydrogen-bond acceptors (Lipinski definition) is 2. The first-order valence-corrected chi connectivity index (χ1v) is 6.56. The van der Waals surface area contributed by atoms with Crippen molar-refractivity contribution in [1.82, 2.24) is 4.98 Å². The van der Waals surface area contributed by atoms with E-state index in [0.29, 0.717) is 0 Å². The molecule has 1 nitrogen and oxygen atoms in total. The molecule has 0 saturated heterocycles. The summed E-state index contributed by atoms with van der Waals surface area (Å²) in [7, 11) is 0. The number of benzene rings is 2. The summed E-state index contributed by atoms with van der Waals surface area (Å²) in [6.45, 7) is 0. The molecule has 0 bridgehead atoms. The van der Waals surface area contributed by atoms with Gasteiger partial charge in [-0.1, -0.05) is 24.0 Å². The van der Waals surface area contributed by atoms with Crippen molar-refractivity contribution in [2.45, 2.75) is 0 Å². The number of thiazole rings is 1. The molecule has 0 fully saturated rings. The molecule has 0 radical (unpaired) electrons. The molecule has 0 spiro atoms. The Balaban J connectivity index is 2.15. The fourth-order valence-electron chi connectivity index (χ4n) is 1.88. The smallest absolute Gasteiger partial charge is 0.124 e. The van der Waals surface area contributed by atoms with Crippen LogP contribution in [0.15, 0.2) is 42.5 Å². The molecule has 1 heterocycles. The SMILES string of the molecule is C#Cc1cccc(-c2nc3cc(C#C)ccc3s2)c1. The fourth-order valence-corrected chi connectivity index (χ4v) is 2.83. The second-order valence-electron chi connectivity index (χ2n) is 4.07. The van der Waals surface area contributed by atoms with E-state index in [1.54, 1.807) is 11.3 Å². The molecule has 3 rings (SSSR count). The first-order valence-electron chi connectivity index (χ1n) is 5.74. The number of rotatable bonds is 1. The Morgan fingerprint density at radius 3 is 2.53 bits per heavy atom. The van der Waals surface area contributed by atoms with Gasteiger partial charge in [0.05, 0.1) is 10.2 Å². The summed E-state index contributed by atoms with van der Waals surface area (Å²) in [6, 6.07) is 13.7. The molecular formula is C17H9NS. The average Bonchev–Trinajstić information content (AvgIpc) is 2.90. The van der Waals surface area contributed by atoms with E-state index in [2.05, 4.69) is 16.8 Å². The molecular weight excluding hydrogens is 250 g/mol. The van der Waals surface area contributed by atoms with Crippen LogP contribution >= 0.6 is 11.3 Å². The second kappa shape index (κ2) is 4.61. The van der Waals surface area contributed by atoms with Gasteiger partial charge in [0, 0.05) is 16.7 Å². The van der Waals surface area contributed by atoms with Crippen LogP contribution in [0, 0.1) is 24.7 Å². The van der Waals surface area contributed by atoms with Gasteiger partial charge in [0.2, 0.25) is 0 Å². The van der Waals surface area contributed by atoms with Crippen molar-refractivity contribution >= 4 is 21.6 Å². The van der Waals surface area contributed by atoms with E-state index in [4.69, 9.17) is 12.8 Å². The van der Waals surface area contributed by atoms with Crippen molar-refractivity contribution in [2.24, 2.45) is 0 Å². The van der Waals surface area contributed by atoms with Crippen LogP contribution in [0.1, 0.15) is 11.1 Å². The standard InChI is InChI=1S/C17H9NS/c1-3-12-6-5-7-14(10-12)17-18-15-11-13(4-2)8-9-16(15)19-17/h1-2,5-11H. The van der Waals surface area contributed by atoms with E-state index in [0.717, 1.165) is 31.9 Å². The molecule has 0 amide bonds. The van der Waals surface area contributed by atoms with E-state index >= 15 is 0 Å². The quantitative estimate of drug-likeness (QED) is 0.603. The summed E-state index contributed by atoms with van der Waals surface area (Å²) in [5.74, 6) is 5.26. The van der Waals surface area contributed by atoms with Gasteiger partial charge in [-0.15, -0.1) is 24.2 Å². The lowest BCUT2D eigenvalue weighted by Crippen LogP contribution is -1.78. The number of nitrogens with zero attached hydrogens (tertiary/aromatic N) is 1. The van der Waals surface area contributed by atoms with Gasteiger partial charge >= 0.3 is 0 Å². The third-order valence-electron chi connectivity index (χ3n) is 2.83. The van der Waals surface area contributed by atoms with Crippen LogP contribution in [-0.2, 0) is 0 Å². The van der Waals surface area contributed by atoms with Crippen molar-refractivity contribution in [3.05, 3.63) is 53.6 Å². The summed E-state index contributed by atoms with van der Waals surface area (Å²) in [4.78, 5) is 4.62. The molecule has 2 aromatic carbocycles. The highest BCUT2D eigenvalue weighted by Gasteiger charge is 2.06. The number of terminal acetylenes is 2. The topological polar surface area (TPSA) is 12.9 Å². The Morgan fingerprint density at radius 2 is 1.74 bits per heavy atom. The molecule has 0 aliphatic heterocycles. The minimum atomic E-state index is 0.849. The predicted octanol–water partition coefficient (Wildman–Crippen LogP) is 3.93. The van der Waals surface area contributed by atoms with Crippen molar-refractivity contribution < 1.29 is 0 Å². The van der Waals surface area contributed by atoms with E-state index in [1.807, 2.05) is 42.5 Å². The zero-order chi connectivity index (χ0) is 13.2. The highest BCUT2D eigenvalue weighted by atomic mass is 32.1. The van der Waals surface area contributed by atoms with Crippen LogP contribution in [0.3, 0.4) is 0 Å². The van der Waals surface area contributed by atoms with E-state index in [-0.39, 0.29) is 0 Å². The molecule has 0 unspecified atom stereocenters. The molecule has 3 aromatic rings. The largest absolute Gasteiger partial charge is 0.236 e. The van der Waals surface area contributed by atoms with Crippen molar-refractivity contribution in [2.75, 3.05) is 0 Å². The summed E-state index contributed by atoms with van der Waals surface area (Å²) in [6.07, 6.45) is 10.8. The molecule has 0 atom stereocenters. The van der Waals surface area contributed by atoms with E-state index < -0.39 is 0 Å². The Kier molecular flexibility index (Phi) is 2.80. The highest BCUT2D eigenvalue weighted by molar-refractivity contribution is 7.21. The van der Waals surface area contributed by atoms with Gasteiger partial charge in [0.25, 0.3) is 0 Å². The first kappa shape index (κ1) is 11.5. The van der Waals surface area contributed by atoms with Crippen LogP contribution in [0.25, 0.3) is 20.8 Å². The zero-order valence-corrected chi connectivity index (χ0v) is 10.9. The number of aromatic nitrogens is 1. The summed E-state index contributed by atoms with van der Waals surface area (Å²) in [5, 5.41) is 0.960. The molecule has 88 valence electrons. The van der Waals surface area contributed by atoms with Gasteiger partial charge in [-0.2, -0.15) is 0 Å². The maximum atomic E-state index is 5.42. The normalized spacial score (nSPS) is 10.0. The summed E-state index contributed by atoms with van der Waals surface area (Å²) in [5.41, 5.74) is 3.68. The van der Waals surface area contributed by atoms with Crippen LogP contribution in [0.2, 0.25) is 0 Å². The molecule has 0 aliphatic rings. The lowest BCUT2D eigenvalue weighted by atomic mass is 10.1. The van der Waals surface area contributed by atoms with Gasteiger partial charge in [-0.3, -0.25) is 0 Å². The first-order chi connectivity index (χ1) is 9.30. The van der Waals surface area contributed by atoms with Crippen molar-refractivity contribution in [1.29, 1.82) is 0 Å². The van der Waals surface area contributed by atoms with Crippen LogP contribution in [0.4, 0.5) is 0 Å². The van der Waals surface area contributed by atoms with Gasteiger partial charge < -0.3 is 0 Å². The summed E-state index contributed by atoms with van der Waals surface area (Å²) < 4.78 is 1.13. The van der Waals surface area contributed by atoms with Gasteiger partial charge in [0.15, 0.2) is 0 Å². The molecule has 0 N–H and O–H groups in total. The Labute approximate surface area is 115 Å². The lowest BCUT2D eigenvalue weighted by molar-refractivity contribution is 1.47. The van der Waals surface area contributed by atoms with E-state index in [1.165, 1.54) is 0 Å².